The van der Waals surface area contributed by atoms with Crippen LogP contribution in [0.4, 0.5) is 0 Å². The summed E-state index contributed by atoms with van der Waals surface area (Å²) in [5.41, 5.74) is 8.46. The zero-order valence-electron chi connectivity index (χ0n) is 7.04. The first-order valence-corrected chi connectivity index (χ1v) is 3.02. The van der Waals surface area contributed by atoms with Gasteiger partial charge in [0.25, 0.3) is 0 Å². The number of rotatable bonds is 4. The van der Waals surface area contributed by atoms with Gasteiger partial charge in [-0.3, -0.25) is 9.59 Å². The van der Waals surface area contributed by atoms with Crippen molar-refractivity contribution in [3.8, 4) is 0 Å². The average molecular weight is 161 g/mol. The van der Waals surface area contributed by atoms with Crippen LogP contribution in [0.15, 0.2) is 0 Å². The smallest absolute Gasteiger partial charge is 0.323 e. The number of carboxylic acids is 1. The Morgan fingerprint density at radius 2 is 2.27 bits per heavy atom. The van der Waals surface area contributed by atoms with E-state index in [0.717, 1.165) is 0 Å². The predicted octanol–water partition coefficient (Wildman–Crippen LogP) is -0.946. The van der Waals surface area contributed by atoms with E-state index in [1.54, 1.807) is 0 Å². The van der Waals surface area contributed by atoms with Crippen LogP contribution in [-0.2, 0) is 9.59 Å². The molecule has 0 saturated carbocycles. The molecule has 0 rings (SSSR count). The number of carbonyl (C=O) groups excluding carboxylic acids is 1. The van der Waals surface area contributed by atoms with Gasteiger partial charge in [0, 0.05) is 7.79 Å². The minimum absolute atomic E-state index is 0.0961. The van der Waals surface area contributed by atoms with Crippen LogP contribution in [0.2, 0.25) is 0 Å². The zero-order valence-corrected chi connectivity index (χ0v) is 6.04. The van der Waals surface area contributed by atoms with Crippen molar-refractivity contribution in [3.05, 3.63) is 0 Å². The molecule has 0 aromatic rings. The molecule has 0 bridgehead atoms. The fourth-order valence-electron chi connectivity index (χ4n) is 0.453. The van der Waals surface area contributed by atoms with Gasteiger partial charge in [0.15, 0.2) is 0 Å². The first kappa shape index (κ1) is 8.00. The van der Waals surface area contributed by atoms with E-state index in [9.17, 15) is 9.59 Å². The Labute approximate surface area is 65.8 Å². The van der Waals surface area contributed by atoms with E-state index in [0.29, 0.717) is 0 Å². The molecule has 0 aliphatic carbocycles. The van der Waals surface area contributed by atoms with Crippen LogP contribution in [0, 0.1) is 0 Å². The molecule has 0 heterocycles. The number of carbonyl (C=O) groups is 2. The molecule has 1 atom stereocenters. The molecule has 5 nitrogen and oxygen atoms in total. The van der Waals surface area contributed by atoms with Crippen LogP contribution in [0.25, 0.3) is 0 Å². The summed E-state index contributed by atoms with van der Waals surface area (Å²) in [7, 11) is 0. The van der Waals surface area contributed by atoms with Crippen LogP contribution in [0.1, 0.15) is 21.1 Å². The van der Waals surface area contributed by atoms with Crippen molar-refractivity contribution >= 4 is 11.9 Å². The summed E-state index contributed by atoms with van der Waals surface area (Å²) in [4.78, 5) is 20.8. The highest BCUT2D eigenvalue weighted by Crippen LogP contribution is 2.07. The lowest BCUT2D eigenvalue weighted by atomic mass is 9.97. The molecule has 5 N–H and O–H groups in total. The van der Waals surface area contributed by atoms with Crippen molar-refractivity contribution in [2.45, 2.75) is 25.3 Å². The third kappa shape index (κ3) is 3.57. The zero-order chi connectivity index (χ0) is 9.78. The first-order valence-electron chi connectivity index (χ1n) is 3.73. The monoisotopic (exact) mass is 161 g/mol. The molecule has 1 amide bonds. The summed E-state index contributed by atoms with van der Waals surface area (Å²) >= 11 is 0. The van der Waals surface area contributed by atoms with Gasteiger partial charge >= 0.3 is 5.97 Å². The lowest BCUT2D eigenvalue weighted by Gasteiger charge is -2.17. The van der Waals surface area contributed by atoms with E-state index in [-0.39, 0.29) is 12.8 Å². The average Bonchev–Trinajstić information content (AvgIpc) is 1.99. The maximum absolute atomic E-state index is 10.5. The molecular formula is C6H12N2O3. The second kappa shape index (κ2) is 3.34. The maximum Gasteiger partial charge on any atom is 0.323 e. The van der Waals surface area contributed by atoms with E-state index in [1.165, 1.54) is 0 Å². The second-order valence-electron chi connectivity index (χ2n) is 2.43. The minimum Gasteiger partial charge on any atom is -0.480 e. The number of nitrogens with two attached hydrogens (primary N) is 2. The molecule has 0 aliphatic heterocycles. The molecule has 0 spiro atoms. The van der Waals surface area contributed by atoms with Crippen molar-refractivity contribution in [2.24, 2.45) is 11.5 Å². The van der Waals surface area contributed by atoms with Crippen molar-refractivity contribution in [1.82, 2.24) is 0 Å². The Kier molecular flexibility index (Phi) is 2.43. The van der Waals surface area contributed by atoms with Crippen molar-refractivity contribution in [1.29, 1.82) is 0 Å². The minimum atomic E-state index is -1.64. The van der Waals surface area contributed by atoms with E-state index in [2.05, 4.69) is 0 Å². The molecule has 0 saturated heterocycles. The SMILES string of the molecule is [2H]C[C@](N)(CCC(N)=O)C(=O)O. The number of carboxylic acid groups (broad SMARTS) is 1. The molecular weight excluding hydrogens is 148 g/mol. The Bertz CT molecular complexity index is 197. The molecule has 0 aromatic carbocycles. The summed E-state index contributed by atoms with van der Waals surface area (Å²) in [5.74, 6) is -1.89. The number of hydrogen-bond acceptors (Lipinski definition) is 3. The van der Waals surface area contributed by atoms with Gasteiger partial charge in [0.1, 0.15) is 5.54 Å². The third-order valence-electron chi connectivity index (χ3n) is 1.24. The fourth-order valence-corrected chi connectivity index (χ4v) is 0.453. The highest BCUT2D eigenvalue weighted by molar-refractivity contribution is 5.80. The van der Waals surface area contributed by atoms with Gasteiger partial charge in [-0.2, -0.15) is 0 Å². The van der Waals surface area contributed by atoms with E-state index in [1.807, 2.05) is 0 Å². The van der Waals surface area contributed by atoms with Gasteiger partial charge in [0.05, 0.1) is 0 Å². The van der Waals surface area contributed by atoms with Crippen LogP contribution in [0.5, 0.6) is 0 Å². The molecule has 0 unspecified atom stereocenters. The summed E-state index contributed by atoms with van der Waals surface area (Å²) in [5, 5.41) is 8.55. The topological polar surface area (TPSA) is 106 Å². The molecule has 0 radical (unpaired) electrons. The van der Waals surface area contributed by atoms with E-state index >= 15 is 0 Å². The van der Waals surface area contributed by atoms with Crippen LogP contribution in [-0.4, -0.2) is 22.5 Å². The summed E-state index contributed by atoms with van der Waals surface area (Å²) in [6, 6.07) is 0. The highest BCUT2D eigenvalue weighted by Gasteiger charge is 2.27. The number of hydrogen-bond donors (Lipinski definition) is 3. The van der Waals surface area contributed by atoms with Crippen molar-refractivity contribution in [2.75, 3.05) is 0 Å². The lowest BCUT2D eigenvalue weighted by Crippen LogP contribution is -2.45. The van der Waals surface area contributed by atoms with Crippen LogP contribution in [0.3, 0.4) is 0 Å². The van der Waals surface area contributed by atoms with Gasteiger partial charge in [0.2, 0.25) is 5.91 Å². The summed E-state index contributed by atoms with van der Waals surface area (Å²) in [6.07, 6.45) is -0.206. The molecule has 0 aromatic heterocycles. The molecule has 11 heavy (non-hydrogen) atoms. The normalized spacial score (nSPS) is 16.6. The van der Waals surface area contributed by atoms with Crippen LogP contribution >= 0.6 is 0 Å². The van der Waals surface area contributed by atoms with Gasteiger partial charge in [-0.15, -0.1) is 0 Å². The van der Waals surface area contributed by atoms with E-state index < -0.39 is 24.3 Å². The van der Waals surface area contributed by atoms with Gasteiger partial charge in [-0.05, 0) is 13.3 Å². The Hall–Kier alpha value is -1.10. The summed E-state index contributed by atoms with van der Waals surface area (Å²) < 4.78 is 6.87. The largest absolute Gasteiger partial charge is 0.480 e. The van der Waals surface area contributed by atoms with Crippen molar-refractivity contribution in [3.63, 3.8) is 0 Å². The number of primary amides is 1. The Balaban J connectivity index is 4.15. The lowest BCUT2D eigenvalue weighted by molar-refractivity contribution is -0.143. The first-order chi connectivity index (χ1) is 5.42. The van der Waals surface area contributed by atoms with Gasteiger partial charge in [-0.25, -0.2) is 0 Å². The van der Waals surface area contributed by atoms with E-state index in [4.69, 9.17) is 17.9 Å². The summed E-state index contributed by atoms with van der Waals surface area (Å²) in [6.45, 7) is -0.463. The fraction of sp³-hybridized carbons (Fsp3) is 0.667. The Morgan fingerprint density at radius 3 is 2.55 bits per heavy atom. The standard InChI is InChI=1S/C6H12N2O3/c1-6(8,5(10)11)3-2-4(7)9/h2-3,8H2,1H3,(H2,7,9)(H,10,11)/t6-/m0/s1/i1D. The predicted molar refractivity (Wildman–Crippen MR) is 38.7 cm³/mol. The van der Waals surface area contributed by atoms with Gasteiger partial charge in [-0.1, -0.05) is 0 Å². The molecule has 0 fully saturated rings. The molecule has 5 heteroatoms. The number of amides is 1. The number of aliphatic carboxylic acids is 1. The highest BCUT2D eigenvalue weighted by atomic mass is 16.4. The molecule has 64 valence electrons. The van der Waals surface area contributed by atoms with Crippen molar-refractivity contribution < 1.29 is 16.1 Å². The third-order valence-corrected chi connectivity index (χ3v) is 1.24. The molecule has 0 aliphatic rings. The van der Waals surface area contributed by atoms with Gasteiger partial charge < -0.3 is 16.6 Å². The second-order valence-corrected chi connectivity index (χ2v) is 2.43. The van der Waals surface area contributed by atoms with Crippen LogP contribution < -0.4 is 11.5 Å². The quantitative estimate of drug-likeness (QED) is 0.494. The Morgan fingerprint density at radius 1 is 1.73 bits per heavy atom. The maximum atomic E-state index is 10.5.